The first-order valence-electron chi connectivity index (χ1n) is 4.02. The fourth-order valence-corrected chi connectivity index (χ4v) is 1.01. The Morgan fingerprint density at radius 2 is 2.12 bits per heavy atom. The largest absolute Gasteiger partial charge is 0.573 e. The van der Waals surface area contributed by atoms with Crippen LogP contribution in [0.15, 0.2) is 6.20 Å². The van der Waals surface area contributed by atoms with Crippen molar-refractivity contribution >= 4 is 5.69 Å². The van der Waals surface area contributed by atoms with Gasteiger partial charge in [0.2, 0.25) is 0 Å². The predicted molar refractivity (Wildman–Crippen MR) is 47.9 cm³/mol. The minimum Gasteiger partial charge on any atom is -0.402 e. The summed E-state index contributed by atoms with van der Waals surface area (Å²) < 4.78 is 39.8. The van der Waals surface area contributed by atoms with Crippen molar-refractivity contribution in [1.29, 1.82) is 5.26 Å². The third-order valence-corrected chi connectivity index (χ3v) is 1.68. The number of nitrogens with zero attached hydrogens (tertiary/aromatic N) is 2. The Balaban J connectivity index is 3.28. The number of nitrogens with two attached hydrogens (primary N) is 2. The number of alkyl halides is 3. The topological polar surface area (TPSA) is 98.0 Å². The molecule has 1 aromatic heterocycles. The van der Waals surface area contributed by atoms with Crippen LogP contribution in [0.5, 0.6) is 5.75 Å². The number of halogens is 3. The van der Waals surface area contributed by atoms with Gasteiger partial charge in [0, 0.05) is 12.7 Å². The number of hydrogen-bond acceptors (Lipinski definition) is 5. The minimum absolute atomic E-state index is 0.0400. The highest BCUT2D eigenvalue weighted by Crippen LogP contribution is 2.32. The van der Waals surface area contributed by atoms with Crippen molar-refractivity contribution in [1.82, 2.24) is 4.98 Å². The summed E-state index contributed by atoms with van der Waals surface area (Å²) in [5, 5.41) is 8.58. The highest BCUT2D eigenvalue weighted by molar-refractivity contribution is 5.62. The molecule has 8 heteroatoms. The first-order valence-corrected chi connectivity index (χ1v) is 4.02. The third-order valence-electron chi connectivity index (χ3n) is 1.68. The molecule has 4 N–H and O–H groups in total. The summed E-state index contributed by atoms with van der Waals surface area (Å²) in [6, 6.07) is 1.50. The van der Waals surface area contributed by atoms with Crippen molar-refractivity contribution in [2.45, 2.75) is 12.9 Å². The molecule has 16 heavy (non-hydrogen) atoms. The maximum atomic E-state index is 12.0. The maximum absolute atomic E-state index is 12.0. The number of rotatable bonds is 2. The van der Waals surface area contributed by atoms with E-state index in [-0.39, 0.29) is 17.9 Å². The van der Waals surface area contributed by atoms with Crippen LogP contribution in [-0.2, 0) is 6.54 Å². The molecule has 0 spiro atoms. The first-order chi connectivity index (χ1) is 7.39. The molecule has 0 saturated heterocycles. The molecule has 0 saturated carbocycles. The lowest BCUT2D eigenvalue weighted by molar-refractivity contribution is -0.274. The minimum atomic E-state index is -4.92. The fraction of sp³-hybridized carbons (Fsp3) is 0.250. The smallest absolute Gasteiger partial charge is 0.402 e. The van der Waals surface area contributed by atoms with Crippen LogP contribution in [0, 0.1) is 11.3 Å². The van der Waals surface area contributed by atoms with E-state index < -0.39 is 17.7 Å². The Hall–Kier alpha value is -2.01. The van der Waals surface area contributed by atoms with Gasteiger partial charge in [0.05, 0.1) is 11.4 Å². The highest BCUT2D eigenvalue weighted by Gasteiger charge is 2.33. The van der Waals surface area contributed by atoms with Crippen molar-refractivity contribution in [3.63, 3.8) is 0 Å². The molecule has 0 amide bonds. The van der Waals surface area contributed by atoms with Crippen LogP contribution in [0.1, 0.15) is 11.3 Å². The van der Waals surface area contributed by atoms with Gasteiger partial charge < -0.3 is 16.2 Å². The Morgan fingerprint density at radius 1 is 1.50 bits per heavy atom. The summed E-state index contributed by atoms with van der Waals surface area (Å²) in [5.74, 6) is -0.759. The van der Waals surface area contributed by atoms with Crippen LogP contribution in [-0.4, -0.2) is 11.3 Å². The van der Waals surface area contributed by atoms with Crippen LogP contribution in [0.3, 0.4) is 0 Å². The van der Waals surface area contributed by atoms with E-state index in [1.165, 1.54) is 6.07 Å². The monoisotopic (exact) mass is 232 g/mol. The number of ether oxygens (including phenoxy) is 1. The lowest BCUT2D eigenvalue weighted by atomic mass is 10.2. The van der Waals surface area contributed by atoms with Gasteiger partial charge in [-0.05, 0) is 0 Å². The van der Waals surface area contributed by atoms with E-state index in [2.05, 4.69) is 9.72 Å². The number of hydrogen-bond donors (Lipinski definition) is 2. The fourth-order valence-electron chi connectivity index (χ4n) is 1.01. The number of nitrogen functional groups attached to an aromatic ring is 1. The second kappa shape index (κ2) is 4.24. The molecule has 0 aliphatic heterocycles. The third kappa shape index (κ3) is 2.52. The van der Waals surface area contributed by atoms with Crippen LogP contribution in [0.25, 0.3) is 0 Å². The van der Waals surface area contributed by atoms with Gasteiger partial charge in [-0.1, -0.05) is 0 Å². The van der Waals surface area contributed by atoms with E-state index in [0.717, 1.165) is 6.20 Å². The van der Waals surface area contributed by atoms with Crippen molar-refractivity contribution < 1.29 is 17.9 Å². The predicted octanol–water partition coefficient (Wildman–Crippen LogP) is 0.893. The summed E-state index contributed by atoms with van der Waals surface area (Å²) >= 11 is 0. The van der Waals surface area contributed by atoms with E-state index >= 15 is 0 Å². The molecule has 0 unspecified atom stereocenters. The lowest BCUT2D eigenvalue weighted by Crippen LogP contribution is -2.20. The molecule has 0 radical (unpaired) electrons. The Bertz CT molecular complexity index is 438. The van der Waals surface area contributed by atoms with Crippen molar-refractivity contribution in [2.75, 3.05) is 5.73 Å². The zero-order valence-electron chi connectivity index (χ0n) is 7.88. The van der Waals surface area contributed by atoms with E-state index in [0.29, 0.717) is 0 Å². The molecule has 1 aromatic rings. The molecule has 0 aliphatic carbocycles. The Kier molecular flexibility index (Phi) is 3.20. The highest BCUT2D eigenvalue weighted by atomic mass is 19.4. The van der Waals surface area contributed by atoms with E-state index in [1.807, 2.05) is 0 Å². The average Bonchev–Trinajstić information content (AvgIpc) is 2.19. The SMILES string of the molecule is N#Cc1cnc(CN)c(N)c1OC(F)(F)F. The van der Waals surface area contributed by atoms with Gasteiger partial charge in [-0.15, -0.1) is 13.2 Å². The maximum Gasteiger partial charge on any atom is 0.573 e. The molecular weight excluding hydrogens is 225 g/mol. The van der Waals surface area contributed by atoms with Gasteiger partial charge in [0.25, 0.3) is 0 Å². The lowest BCUT2D eigenvalue weighted by Gasteiger charge is -2.13. The molecule has 86 valence electrons. The zero-order chi connectivity index (χ0) is 12.3. The van der Waals surface area contributed by atoms with Gasteiger partial charge in [0.1, 0.15) is 11.6 Å². The molecule has 1 heterocycles. The van der Waals surface area contributed by atoms with Crippen LogP contribution in [0.4, 0.5) is 18.9 Å². The van der Waals surface area contributed by atoms with Gasteiger partial charge in [-0.3, -0.25) is 4.98 Å². The number of pyridine rings is 1. The molecule has 0 aromatic carbocycles. The second-order valence-electron chi connectivity index (χ2n) is 2.73. The van der Waals surface area contributed by atoms with Crippen molar-refractivity contribution in [2.24, 2.45) is 5.73 Å². The molecule has 1 rings (SSSR count). The zero-order valence-corrected chi connectivity index (χ0v) is 7.88. The standard InChI is InChI=1S/C8H7F3N4O/c9-8(10,11)16-7-4(1-12)3-15-5(2-13)6(7)14/h3H,2,13-14H2. The summed E-state index contributed by atoms with van der Waals surface area (Å²) in [4.78, 5) is 3.64. The van der Waals surface area contributed by atoms with Crippen molar-refractivity contribution in [3.05, 3.63) is 17.5 Å². The van der Waals surface area contributed by atoms with Crippen molar-refractivity contribution in [3.8, 4) is 11.8 Å². The second-order valence-corrected chi connectivity index (χ2v) is 2.73. The van der Waals surface area contributed by atoms with E-state index in [4.69, 9.17) is 16.7 Å². The van der Waals surface area contributed by atoms with E-state index in [9.17, 15) is 13.2 Å². The van der Waals surface area contributed by atoms with Gasteiger partial charge in [-0.25, -0.2) is 0 Å². The molecule has 0 fully saturated rings. The first kappa shape index (κ1) is 12.1. The Labute approximate surface area is 88.4 Å². The van der Waals surface area contributed by atoms with Gasteiger partial charge in [0.15, 0.2) is 5.75 Å². The quantitative estimate of drug-likeness (QED) is 0.789. The average molecular weight is 232 g/mol. The van der Waals surface area contributed by atoms with Crippen LogP contribution < -0.4 is 16.2 Å². The normalized spacial score (nSPS) is 10.9. The molecule has 0 aliphatic rings. The summed E-state index contributed by atoms with van der Waals surface area (Å²) in [6.07, 6.45) is -3.99. The van der Waals surface area contributed by atoms with Crippen LogP contribution >= 0.6 is 0 Å². The molecular formula is C8H7F3N4O. The van der Waals surface area contributed by atoms with Gasteiger partial charge in [-0.2, -0.15) is 5.26 Å². The summed E-state index contributed by atoms with van der Waals surface area (Å²) in [6.45, 7) is -0.147. The molecule has 0 bridgehead atoms. The van der Waals surface area contributed by atoms with Gasteiger partial charge >= 0.3 is 6.36 Å². The number of nitriles is 1. The molecule has 5 nitrogen and oxygen atoms in total. The summed E-state index contributed by atoms with van der Waals surface area (Å²) in [7, 11) is 0. The van der Waals surface area contributed by atoms with E-state index in [1.54, 1.807) is 0 Å². The molecule has 0 atom stereocenters. The number of anilines is 1. The van der Waals surface area contributed by atoms with Crippen LogP contribution in [0.2, 0.25) is 0 Å². The Morgan fingerprint density at radius 3 is 2.56 bits per heavy atom. The summed E-state index contributed by atoms with van der Waals surface area (Å²) in [5.41, 5.74) is 9.84. The number of aromatic nitrogens is 1.